The van der Waals surface area contributed by atoms with E-state index in [4.69, 9.17) is 15.2 Å². The van der Waals surface area contributed by atoms with Crippen LogP contribution >= 0.6 is 0 Å². The van der Waals surface area contributed by atoms with Crippen LogP contribution in [0.5, 0.6) is 5.75 Å². The van der Waals surface area contributed by atoms with Crippen molar-refractivity contribution in [2.45, 2.75) is 32.2 Å². The quantitative estimate of drug-likeness (QED) is 0.904. The van der Waals surface area contributed by atoms with E-state index in [1.807, 2.05) is 0 Å². The summed E-state index contributed by atoms with van der Waals surface area (Å²) in [7, 11) is 0. The van der Waals surface area contributed by atoms with E-state index in [1.54, 1.807) is 0 Å². The van der Waals surface area contributed by atoms with Crippen molar-refractivity contribution in [1.82, 2.24) is 4.90 Å². The van der Waals surface area contributed by atoms with Crippen LogP contribution in [0.1, 0.15) is 29.5 Å². The summed E-state index contributed by atoms with van der Waals surface area (Å²) >= 11 is 0. The first-order chi connectivity index (χ1) is 10.2. The molecule has 0 radical (unpaired) electrons. The van der Waals surface area contributed by atoms with Crippen LogP contribution in [0, 0.1) is 13.8 Å². The van der Waals surface area contributed by atoms with Crippen molar-refractivity contribution in [3.8, 4) is 5.75 Å². The molecule has 0 aliphatic carbocycles. The van der Waals surface area contributed by atoms with Crippen molar-refractivity contribution < 1.29 is 9.47 Å². The predicted molar refractivity (Wildman–Crippen MR) is 83.8 cm³/mol. The Kier molecular flexibility index (Phi) is 4.20. The van der Waals surface area contributed by atoms with Gasteiger partial charge in [0.1, 0.15) is 5.75 Å². The third kappa shape index (κ3) is 2.56. The van der Waals surface area contributed by atoms with E-state index in [0.29, 0.717) is 6.54 Å². The fraction of sp³-hybridized carbons (Fsp3) is 0.647. The normalized spacial score (nSPS) is 26.8. The molecule has 2 aliphatic rings. The maximum Gasteiger partial charge on any atom is 0.127 e. The van der Waals surface area contributed by atoms with Gasteiger partial charge in [0.25, 0.3) is 0 Å². The van der Waals surface area contributed by atoms with Crippen molar-refractivity contribution in [2.75, 3.05) is 39.5 Å². The molecule has 21 heavy (non-hydrogen) atoms. The van der Waals surface area contributed by atoms with E-state index in [1.165, 1.54) is 16.7 Å². The standard InChI is InChI=1S/C17H26N2O2/c1-13-10-14(2)16-15(11-13)17(12-18,4-3-7-21-16)19-5-8-20-9-6-19/h10-11H,3-9,12,18H2,1-2H3. The monoisotopic (exact) mass is 290 g/mol. The molecule has 1 saturated heterocycles. The summed E-state index contributed by atoms with van der Waals surface area (Å²) in [5, 5.41) is 0. The van der Waals surface area contributed by atoms with Gasteiger partial charge in [0.05, 0.1) is 25.4 Å². The second-order valence-electron chi connectivity index (χ2n) is 6.25. The molecule has 0 saturated carbocycles. The first-order valence-electron chi connectivity index (χ1n) is 7.95. The molecular formula is C17H26N2O2. The molecule has 4 nitrogen and oxygen atoms in total. The number of morpholine rings is 1. The van der Waals surface area contributed by atoms with Crippen LogP contribution in [-0.4, -0.2) is 44.4 Å². The maximum atomic E-state index is 6.32. The molecular weight excluding hydrogens is 264 g/mol. The van der Waals surface area contributed by atoms with Crippen LogP contribution in [0.3, 0.4) is 0 Å². The highest BCUT2D eigenvalue weighted by Gasteiger charge is 2.41. The van der Waals surface area contributed by atoms with E-state index < -0.39 is 0 Å². The molecule has 0 spiro atoms. The fourth-order valence-corrected chi connectivity index (χ4v) is 3.83. The zero-order chi connectivity index (χ0) is 14.9. The van der Waals surface area contributed by atoms with Gasteiger partial charge in [0.15, 0.2) is 0 Å². The Hall–Kier alpha value is -1.10. The Morgan fingerprint density at radius 2 is 1.95 bits per heavy atom. The van der Waals surface area contributed by atoms with E-state index in [2.05, 4.69) is 30.9 Å². The predicted octanol–water partition coefficient (Wildman–Crippen LogP) is 1.96. The van der Waals surface area contributed by atoms with Crippen LogP contribution in [0.2, 0.25) is 0 Å². The number of rotatable bonds is 2. The second-order valence-corrected chi connectivity index (χ2v) is 6.25. The summed E-state index contributed by atoms with van der Waals surface area (Å²) in [6.45, 7) is 9.19. The first-order valence-corrected chi connectivity index (χ1v) is 7.95. The molecule has 0 amide bonds. The van der Waals surface area contributed by atoms with Gasteiger partial charge in [-0.3, -0.25) is 4.90 Å². The topological polar surface area (TPSA) is 47.7 Å². The summed E-state index contributed by atoms with van der Waals surface area (Å²) in [5.41, 5.74) is 9.99. The fourth-order valence-electron chi connectivity index (χ4n) is 3.83. The number of hydrogen-bond donors (Lipinski definition) is 1. The summed E-state index contributed by atoms with van der Waals surface area (Å²) < 4.78 is 11.6. The molecule has 3 rings (SSSR count). The van der Waals surface area contributed by atoms with Crippen molar-refractivity contribution >= 4 is 0 Å². The van der Waals surface area contributed by atoms with Gasteiger partial charge in [0.2, 0.25) is 0 Å². The molecule has 1 fully saturated rings. The number of ether oxygens (including phenoxy) is 2. The van der Waals surface area contributed by atoms with E-state index in [-0.39, 0.29) is 5.54 Å². The van der Waals surface area contributed by atoms with E-state index >= 15 is 0 Å². The van der Waals surface area contributed by atoms with Crippen molar-refractivity contribution in [3.05, 3.63) is 28.8 Å². The van der Waals surface area contributed by atoms with Gasteiger partial charge < -0.3 is 15.2 Å². The third-order valence-corrected chi connectivity index (χ3v) is 4.86. The Bertz CT molecular complexity index is 512. The molecule has 1 unspecified atom stereocenters. The van der Waals surface area contributed by atoms with Crippen LogP contribution < -0.4 is 10.5 Å². The van der Waals surface area contributed by atoms with Crippen LogP contribution in [0.15, 0.2) is 12.1 Å². The average molecular weight is 290 g/mol. The third-order valence-electron chi connectivity index (χ3n) is 4.86. The van der Waals surface area contributed by atoms with E-state index in [0.717, 1.165) is 51.5 Å². The van der Waals surface area contributed by atoms with Gasteiger partial charge in [-0.2, -0.15) is 0 Å². The van der Waals surface area contributed by atoms with Gasteiger partial charge in [0, 0.05) is 25.2 Å². The molecule has 0 bridgehead atoms. The number of benzene rings is 1. The highest BCUT2D eigenvalue weighted by atomic mass is 16.5. The van der Waals surface area contributed by atoms with Crippen LogP contribution in [0.4, 0.5) is 0 Å². The van der Waals surface area contributed by atoms with Gasteiger partial charge in [-0.1, -0.05) is 17.7 Å². The molecule has 2 heterocycles. The largest absolute Gasteiger partial charge is 0.493 e. The molecule has 4 heteroatoms. The number of fused-ring (bicyclic) bond motifs is 1. The minimum absolute atomic E-state index is 0.105. The highest BCUT2D eigenvalue weighted by molar-refractivity contribution is 5.48. The van der Waals surface area contributed by atoms with Crippen LogP contribution in [0.25, 0.3) is 0 Å². The lowest BCUT2D eigenvalue weighted by atomic mass is 9.81. The lowest BCUT2D eigenvalue weighted by Crippen LogP contribution is -2.55. The molecule has 0 aromatic heterocycles. The number of nitrogens with two attached hydrogens (primary N) is 1. The number of nitrogens with zero attached hydrogens (tertiary/aromatic N) is 1. The second kappa shape index (κ2) is 5.95. The van der Waals surface area contributed by atoms with Gasteiger partial charge in [-0.25, -0.2) is 0 Å². The summed E-state index contributed by atoms with van der Waals surface area (Å²) in [6.07, 6.45) is 2.10. The molecule has 2 N–H and O–H groups in total. The SMILES string of the molecule is Cc1cc(C)c2c(c1)C(CN)(N1CCOCC1)CCCO2. The average Bonchev–Trinajstić information content (AvgIpc) is 2.68. The van der Waals surface area contributed by atoms with Crippen molar-refractivity contribution in [3.63, 3.8) is 0 Å². The smallest absolute Gasteiger partial charge is 0.127 e. The Labute approximate surface area is 127 Å². The zero-order valence-electron chi connectivity index (χ0n) is 13.2. The number of hydrogen-bond acceptors (Lipinski definition) is 4. The minimum atomic E-state index is -0.105. The van der Waals surface area contributed by atoms with Gasteiger partial charge in [-0.05, 0) is 32.3 Å². The van der Waals surface area contributed by atoms with Crippen LogP contribution in [-0.2, 0) is 10.3 Å². The lowest BCUT2D eigenvalue weighted by Gasteiger charge is -2.45. The van der Waals surface area contributed by atoms with Gasteiger partial charge in [-0.15, -0.1) is 0 Å². The molecule has 2 aliphatic heterocycles. The minimum Gasteiger partial charge on any atom is -0.493 e. The van der Waals surface area contributed by atoms with Crippen molar-refractivity contribution in [1.29, 1.82) is 0 Å². The first kappa shape index (κ1) is 14.8. The Morgan fingerprint density at radius 1 is 1.19 bits per heavy atom. The van der Waals surface area contributed by atoms with E-state index in [9.17, 15) is 0 Å². The molecule has 116 valence electrons. The molecule has 1 aromatic carbocycles. The summed E-state index contributed by atoms with van der Waals surface area (Å²) in [4.78, 5) is 2.52. The lowest BCUT2D eigenvalue weighted by molar-refractivity contribution is -0.0252. The highest BCUT2D eigenvalue weighted by Crippen LogP contribution is 2.42. The number of aryl methyl sites for hydroxylation is 2. The molecule has 1 aromatic rings. The van der Waals surface area contributed by atoms with Gasteiger partial charge >= 0.3 is 0 Å². The Balaban J connectivity index is 2.12. The Morgan fingerprint density at radius 3 is 2.67 bits per heavy atom. The summed E-state index contributed by atoms with van der Waals surface area (Å²) in [6, 6.07) is 4.47. The summed E-state index contributed by atoms with van der Waals surface area (Å²) in [5.74, 6) is 1.05. The molecule has 1 atom stereocenters. The van der Waals surface area contributed by atoms with Crippen molar-refractivity contribution in [2.24, 2.45) is 5.73 Å². The zero-order valence-corrected chi connectivity index (χ0v) is 13.2. The maximum absolute atomic E-state index is 6.32.